The van der Waals surface area contributed by atoms with Gasteiger partial charge in [-0.2, -0.15) is 43.5 Å². The second-order valence-electron chi connectivity index (χ2n) is 31.6. The molecule has 0 unspecified atom stereocenters. The zero-order valence-corrected chi connectivity index (χ0v) is 69.8. The highest BCUT2D eigenvalue weighted by Gasteiger charge is 2.81. The van der Waals surface area contributed by atoms with Crippen LogP contribution < -0.4 is 8.92 Å². The first-order valence-electron chi connectivity index (χ1n) is 41.2. The van der Waals surface area contributed by atoms with Crippen LogP contribution in [0.25, 0.3) is 0 Å². The summed E-state index contributed by atoms with van der Waals surface area (Å²) < 4.78 is 248. The highest BCUT2D eigenvalue weighted by Crippen LogP contribution is 2.55. The van der Waals surface area contributed by atoms with Gasteiger partial charge in [-0.25, -0.2) is 25.6 Å². The van der Waals surface area contributed by atoms with Crippen molar-refractivity contribution < 1.29 is 87.2 Å². The van der Waals surface area contributed by atoms with Crippen molar-refractivity contribution in [2.24, 2.45) is 0 Å². The van der Waals surface area contributed by atoms with Gasteiger partial charge in [-0.3, -0.25) is 0 Å². The van der Waals surface area contributed by atoms with Gasteiger partial charge in [-0.05, 0) is 219 Å². The van der Waals surface area contributed by atoms with Crippen molar-refractivity contribution in [1.29, 1.82) is 0 Å². The van der Waals surface area contributed by atoms with E-state index in [9.17, 15) is 69.5 Å². The maximum atomic E-state index is 15.1. The predicted molar refractivity (Wildman–Crippen MR) is 439 cm³/mol. The minimum absolute atomic E-state index is 0.0146. The second-order valence-corrected chi connectivity index (χ2v) is 40.0. The molecule has 0 bridgehead atoms. The van der Waals surface area contributed by atoms with E-state index in [4.69, 9.17) is 8.92 Å². The van der Waals surface area contributed by atoms with Gasteiger partial charge < -0.3 is 18.0 Å². The van der Waals surface area contributed by atoms with Crippen molar-refractivity contribution >= 4 is 52.1 Å². The summed E-state index contributed by atoms with van der Waals surface area (Å²) in [6.45, 7) is 0. The van der Waals surface area contributed by atoms with Crippen molar-refractivity contribution in [3.05, 3.63) is 263 Å². The van der Waals surface area contributed by atoms with Crippen molar-refractivity contribution in [3.8, 4) is 17.2 Å². The van der Waals surface area contributed by atoms with Crippen molar-refractivity contribution in [3.63, 3.8) is 0 Å². The molecule has 0 amide bonds. The number of hydrogen-bond donors (Lipinski definition) is 0. The molecule has 10 nitrogen and oxygen atoms in total. The van der Waals surface area contributed by atoms with Gasteiger partial charge in [0.25, 0.3) is 0 Å². The lowest BCUT2D eigenvalue weighted by Gasteiger charge is -2.34. The monoisotopic (exact) mass is 1730 g/mol. The van der Waals surface area contributed by atoms with Crippen LogP contribution in [0.2, 0.25) is 0 Å². The minimum Gasteiger partial charge on any atom is -0.744 e. The first-order valence-corrected chi connectivity index (χ1v) is 47.9. The van der Waals surface area contributed by atoms with Gasteiger partial charge in [0.2, 0.25) is 17.4 Å². The van der Waals surface area contributed by atoms with Gasteiger partial charge >= 0.3 is 26.5 Å². The van der Waals surface area contributed by atoms with E-state index in [2.05, 4.69) is 194 Å². The lowest BCUT2D eigenvalue weighted by molar-refractivity contribution is -0.247. The summed E-state index contributed by atoms with van der Waals surface area (Å²) in [5, 5.41) is -13.7. The van der Waals surface area contributed by atoms with E-state index in [-0.39, 0.29) is 68.3 Å². The zero-order valence-electron chi connectivity index (χ0n) is 65.7. The molecule has 0 atom stereocenters. The van der Waals surface area contributed by atoms with Crippen LogP contribution in [0, 0.1) is 23.3 Å². The molecule has 0 aromatic heterocycles. The molecule has 15 rings (SSSR count). The normalized spacial score (nSPS) is 17.6. The summed E-state index contributed by atoms with van der Waals surface area (Å²) in [5.74, 6) is -17.4. The molecule has 25 heteroatoms. The molecule has 6 aliphatic carbocycles. The quantitative estimate of drug-likeness (QED) is 0.0222. The second kappa shape index (κ2) is 40.4. The maximum absolute atomic E-state index is 15.1. The molecular weight excluding hydrogens is 1630 g/mol. The van der Waals surface area contributed by atoms with Crippen LogP contribution in [-0.2, 0) is 52.1 Å². The van der Waals surface area contributed by atoms with E-state index < -0.39 is 86.4 Å². The number of rotatable bonds is 21. The molecule has 6 fully saturated rings. The van der Waals surface area contributed by atoms with Crippen LogP contribution >= 0.6 is 0 Å². The van der Waals surface area contributed by atoms with Crippen LogP contribution in [0.1, 0.15) is 262 Å². The van der Waals surface area contributed by atoms with E-state index >= 15 is 8.78 Å². The Bertz CT molecular complexity index is 4690. The highest BCUT2D eigenvalue weighted by molar-refractivity contribution is 7.97. The van der Waals surface area contributed by atoms with Gasteiger partial charge in [0.05, 0.1) is 21.8 Å². The number of ether oxygens (including phenoxy) is 1. The van der Waals surface area contributed by atoms with Gasteiger partial charge in [-0.1, -0.05) is 249 Å². The maximum Gasteiger partial charge on any atom is 0.450 e. The van der Waals surface area contributed by atoms with Crippen LogP contribution in [0.4, 0.5) is 43.9 Å². The number of benzene rings is 9. The largest absolute Gasteiger partial charge is 0.744 e. The van der Waals surface area contributed by atoms with Gasteiger partial charge in [0.15, 0.2) is 51.1 Å². The van der Waals surface area contributed by atoms with Crippen LogP contribution in [0.3, 0.4) is 0 Å². The summed E-state index contributed by atoms with van der Waals surface area (Å²) in [6, 6.07) is 71.8. The van der Waals surface area contributed by atoms with Crippen LogP contribution in [0.5, 0.6) is 17.2 Å². The lowest BCUT2D eigenvalue weighted by Crippen LogP contribution is -2.61. The molecule has 0 saturated heterocycles. The first-order chi connectivity index (χ1) is 56.6. The Hall–Kier alpha value is -7.65. The Morgan fingerprint density at radius 3 is 0.754 bits per heavy atom. The van der Waals surface area contributed by atoms with Gasteiger partial charge in [0.1, 0.15) is 26.5 Å². The van der Waals surface area contributed by atoms with Gasteiger partial charge in [-0.15, -0.1) is 0 Å². The Balaban J connectivity index is 0.000000153. The molecule has 0 spiro atoms. The summed E-state index contributed by atoms with van der Waals surface area (Å²) in [4.78, 5) is 6.00. The molecule has 6 saturated carbocycles. The van der Waals surface area contributed by atoms with Crippen LogP contribution in [0.15, 0.2) is 241 Å². The van der Waals surface area contributed by atoms with Crippen molar-refractivity contribution in [2.45, 2.75) is 279 Å². The first kappa shape index (κ1) is 89.6. The average molecular weight is 1730 g/mol. The van der Waals surface area contributed by atoms with E-state index in [1.165, 1.54) is 41.4 Å². The number of halogens is 10. The van der Waals surface area contributed by atoms with E-state index in [1.807, 2.05) is 0 Å². The number of alkyl halides is 6. The van der Waals surface area contributed by atoms with Crippen LogP contribution in [-0.4, -0.2) is 50.8 Å². The molecule has 9 aromatic rings. The average Bonchev–Trinajstić information content (AvgIpc) is 0.714. The molecule has 0 N–H and O–H groups in total. The molecule has 0 aliphatic heterocycles. The van der Waals surface area contributed by atoms with E-state index in [0.29, 0.717) is 31.6 Å². The molecule has 632 valence electrons. The summed E-state index contributed by atoms with van der Waals surface area (Å²) in [6.07, 6.45) is 27.1. The molecule has 9 aromatic carbocycles. The minimum atomic E-state index is -7.38. The molecule has 0 heterocycles. The van der Waals surface area contributed by atoms with Crippen molar-refractivity contribution in [2.75, 3.05) is 0 Å². The highest BCUT2D eigenvalue weighted by atomic mass is 32.2. The Morgan fingerprint density at radius 2 is 0.525 bits per heavy atom. The summed E-state index contributed by atoms with van der Waals surface area (Å²) in [7, 11) is -20.2. The molecular formula is C93H100F10O10S5. The fourth-order valence-corrected chi connectivity index (χ4v) is 23.9. The topological polar surface area (TPSA) is 167 Å². The molecule has 6 aliphatic rings. The fraction of sp³-hybridized carbons (Fsp3) is 0.419. The van der Waals surface area contributed by atoms with E-state index in [1.54, 1.807) is 12.1 Å². The smallest absolute Gasteiger partial charge is 0.450 e. The van der Waals surface area contributed by atoms with Crippen molar-refractivity contribution in [1.82, 2.24) is 0 Å². The number of hydrogen-bond acceptors (Lipinski definition) is 10. The SMILES string of the molecule is O=S(=O)([O-])C(F)(F)C(F)(F)C(F)(F)S(=O)(=O)Oc1c(C2CCCCC2)cc(C2CCCCC2)cc1C1CCCCC1.O=S(=O)([O-])c1c(F)c(F)c(Oc2c(C3CCCCC3)cc(C3CCCCC3)cc2C2CCCCC2)c(F)c1F.c1ccc([S+](c2ccccc2)c2ccccc2)cc1.c1ccc([S+](c2ccccc2)c2ccccc2)cc1. The predicted octanol–water partition coefficient (Wildman–Crippen LogP) is 26.6. The Kier molecular flexibility index (Phi) is 30.6. The Morgan fingerprint density at radius 1 is 0.297 bits per heavy atom. The summed E-state index contributed by atoms with van der Waals surface area (Å²) in [5.41, 5.74) is 4.21. The standard InChI is InChI=1S/C30H36F4O4S.C27H36F6O6S2.2C18H15S/c31-24-26(33)30(39(35,36)37)27(34)25(32)29(24)38-28-22(19-12-6-2-7-13-19)16-21(18-10-4-1-5-11-18)17-23(28)20-14-8-3-9-15-20;28-25(29,26(30,31)40(34,35)36)27(32,33)41(37,38)39-24-22(19-12-6-2-7-13-19)16-21(18-10-4-1-5-11-18)17-23(24)20-14-8-3-9-15-20;2*1-4-10-16(11-5-1)19(17-12-6-2-7-13-17)18-14-8-3-9-15-18/h16-20H,1-15H2,(H,35,36,37);16-20H,1-15H2,(H,34,35,36);2*1-15H/q;;2*+1/p-2. The van der Waals surface area contributed by atoms with E-state index in [0.717, 1.165) is 177 Å². The van der Waals surface area contributed by atoms with Gasteiger partial charge in [0, 0.05) is 0 Å². The Labute approximate surface area is 693 Å². The lowest BCUT2D eigenvalue weighted by atomic mass is 9.75. The molecule has 118 heavy (non-hydrogen) atoms. The third-order valence-corrected chi connectivity index (χ3v) is 31.2. The summed E-state index contributed by atoms with van der Waals surface area (Å²) >= 11 is 0. The fourth-order valence-electron chi connectivity index (χ4n) is 17.6. The molecule has 0 radical (unpaired) electrons. The third kappa shape index (κ3) is 21.1. The third-order valence-electron chi connectivity index (χ3n) is 23.7. The zero-order chi connectivity index (χ0) is 83.8.